The highest BCUT2D eigenvalue weighted by Gasteiger charge is 2.08. The first-order chi connectivity index (χ1) is 8.70. The molecule has 0 radical (unpaired) electrons. The van der Waals surface area contributed by atoms with Gasteiger partial charge in [-0.1, -0.05) is 29.8 Å². The fourth-order valence-corrected chi connectivity index (χ4v) is 2.78. The zero-order chi connectivity index (χ0) is 13.0. The van der Waals surface area contributed by atoms with Crippen LogP contribution in [-0.4, -0.2) is 0 Å². The Labute approximate surface area is 116 Å². The third-order valence-corrected chi connectivity index (χ3v) is 4.02. The average Bonchev–Trinajstić information content (AvgIpc) is 2.84. The molecule has 2 rings (SSSR count). The van der Waals surface area contributed by atoms with Gasteiger partial charge in [-0.3, -0.25) is 0 Å². The van der Waals surface area contributed by atoms with E-state index in [-0.39, 0.29) is 6.04 Å². The number of nitrogens with one attached hydrogen (secondary N) is 1. The molecule has 0 amide bonds. The second kappa shape index (κ2) is 6.01. The summed E-state index contributed by atoms with van der Waals surface area (Å²) in [5.74, 6) is 0. The summed E-state index contributed by atoms with van der Waals surface area (Å²) in [6.07, 6.45) is 0. The van der Waals surface area contributed by atoms with Gasteiger partial charge in [0.1, 0.15) is 6.07 Å². The van der Waals surface area contributed by atoms with Crippen molar-refractivity contribution >= 4 is 22.9 Å². The molecule has 2 aromatic rings. The van der Waals surface area contributed by atoms with Gasteiger partial charge in [0, 0.05) is 27.9 Å². The molecule has 92 valence electrons. The molecule has 0 spiro atoms. The van der Waals surface area contributed by atoms with Crippen molar-refractivity contribution in [2.45, 2.75) is 19.5 Å². The first-order valence-corrected chi connectivity index (χ1v) is 6.92. The van der Waals surface area contributed by atoms with Crippen molar-refractivity contribution in [1.82, 2.24) is 5.32 Å². The Morgan fingerprint density at radius 1 is 1.44 bits per heavy atom. The van der Waals surface area contributed by atoms with Crippen LogP contribution in [0.4, 0.5) is 0 Å². The summed E-state index contributed by atoms with van der Waals surface area (Å²) in [6, 6.07) is 12.1. The Kier molecular flexibility index (Phi) is 4.38. The maximum absolute atomic E-state index is 8.76. The summed E-state index contributed by atoms with van der Waals surface area (Å²) in [7, 11) is 0. The smallest absolute Gasteiger partial charge is 0.100 e. The SMILES string of the molecule is C[C@@H](NCc1cc(C#N)cs1)c1ccccc1Cl. The van der Waals surface area contributed by atoms with Crippen LogP contribution in [0, 0.1) is 11.3 Å². The predicted octanol–water partition coefficient (Wildman–Crippen LogP) is 4.12. The molecule has 1 aromatic heterocycles. The van der Waals surface area contributed by atoms with Gasteiger partial charge in [-0.25, -0.2) is 0 Å². The lowest BCUT2D eigenvalue weighted by atomic mass is 10.1. The first kappa shape index (κ1) is 13.1. The van der Waals surface area contributed by atoms with E-state index >= 15 is 0 Å². The van der Waals surface area contributed by atoms with Crippen LogP contribution in [0.1, 0.15) is 29.0 Å². The molecule has 0 saturated heterocycles. The van der Waals surface area contributed by atoms with Gasteiger partial charge in [0.05, 0.1) is 5.56 Å². The number of hydrogen-bond acceptors (Lipinski definition) is 3. The zero-order valence-corrected chi connectivity index (χ0v) is 11.6. The third-order valence-electron chi connectivity index (χ3n) is 2.74. The molecule has 18 heavy (non-hydrogen) atoms. The number of benzene rings is 1. The third kappa shape index (κ3) is 3.11. The lowest BCUT2D eigenvalue weighted by Gasteiger charge is -2.14. The van der Waals surface area contributed by atoms with E-state index in [9.17, 15) is 0 Å². The molecule has 0 aliphatic carbocycles. The van der Waals surface area contributed by atoms with Gasteiger partial charge in [0.15, 0.2) is 0 Å². The zero-order valence-electron chi connectivity index (χ0n) is 9.98. The largest absolute Gasteiger partial charge is 0.305 e. The number of rotatable bonds is 4. The fourth-order valence-electron chi connectivity index (χ4n) is 1.72. The molecule has 1 heterocycles. The standard InChI is InChI=1S/C14H13ClN2S/c1-10(13-4-2-3-5-14(13)15)17-8-12-6-11(7-16)9-18-12/h2-6,9-10,17H,8H2,1H3/t10-/m1/s1. The Hall–Kier alpha value is -1.34. The monoisotopic (exact) mass is 276 g/mol. The van der Waals surface area contributed by atoms with Crippen molar-refractivity contribution in [1.29, 1.82) is 5.26 Å². The number of hydrogen-bond donors (Lipinski definition) is 1. The summed E-state index contributed by atoms with van der Waals surface area (Å²) in [4.78, 5) is 1.16. The van der Waals surface area contributed by atoms with Crippen molar-refractivity contribution in [2.75, 3.05) is 0 Å². The first-order valence-electron chi connectivity index (χ1n) is 5.66. The van der Waals surface area contributed by atoms with Crippen LogP contribution in [0.2, 0.25) is 5.02 Å². The molecule has 0 unspecified atom stereocenters. The molecule has 1 atom stereocenters. The quantitative estimate of drug-likeness (QED) is 0.912. The minimum Gasteiger partial charge on any atom is -0.305 e. The van der Waals surface area contributed by atoms with Gasteiger partial charge >= 0.3 is 0 Å². The molecule has 4 heteroatoms. The van der Waals surface area contributed by atoms with Crippen molar-refractivity contribution in [3.63, 3.8) is 0 Å². The van der Waals surface area contributed by atoms with Crippen LogP contribution in [0.3, 0.4) is 0 Å². The van der Waals surface area contributed by atoms with Gasteiger partial charge in [0.2, 0.25) is 0 Å². The van der Waals surface area contributed by atoms with E-state index in [1.54, 1.807) is 11.3 Å². The minimum atomic E-state index is 0.186. The maximum Gasteiger partial charge on any atom is 0.100 e. The topological polar surface area (TPSA) is 35.8 Å². The second-order valence-corrected chi connectivity index (χ2v) is 5.44. The average molecular weight is 277 g/mol. The van der Waals surface area contributed by atoms with E-state index in [1.807, 2.05) is 35.7 Å². The molecule has 0 saturated carbocycles. The second-order valence-electron chi connectivity index (χ2n) is 4.04. The Morgan fingerprint density at radius 2 is 2.22 bits per heavy atom. The van der Waals surface area contributed by atoms with Crippen LogP contribution in [-0.2, 0) is 6.54 Å². The summed E-state index contributed by atoms with van der Waals surface area (Å²) in [6.45, 7) is 2.83. The van der Waals surface area contributed by atoms with Crippen molar-refractivity contribution in [3.8, 4) is 6.07 Å². The Morgan fingerprint density at radius 3 is 2.89 bits per heavy atom. The van der Waals surface area contributed by atoms with Crippen LogP contribution in [0.5, 0.6) is 0 Å². The molecule has 0 bridgehead atoms. The normalized spacial score (nSPS) is 12.1. The number of halogens is 1. The van der Waals surface area contributed by atoms with Crippen molar-refractivity contribution in [3.05, 3.63) is 56.7 Å². The van der Waals surface area contributed by atoms with E-state index in [1.165, 1.54) is 0 Å². The van der Waals surface area contributed by atoms with Gasteiger partial charge in [0.25, 0.3) is 0 Å². The van der Waals surface area contributed by atoms with Crippen LogP contribution < -0.4 is 5.32 Å². The number of nitriles is 1. The molecule has 1 aromatic carbocycles. The summed E-state index contributed by atoms with van der Waals surface area (Å²) in [5.41, 5.74) is 1.82. The highest BCUT2D eigenvalue weighted by Crippen LogP contribution is 2.23. The minimum absolute atomic E-state index is 0.186. The molecule has 0 aliphatic rings. The summed E-state index contributed by atoms with van der Waals surface area (Å²) in [5, 5.41) is 14.8. The van der Waals surface area contributed by atoms with Crippen molar-refractivity contribution < 1.29 is 0 Å². The van der Waals surface area contributed by atoms with E-state index in [2.05, 4.69) is 18.3 Å². The van der Waals surface area contributed by atoms with Crippen LogP contribution in [0.25, 0.3) is 0 Å². The lowest BCUT2D eigenvalue weighted by molar-refractivity contribution is 0.579. The van der Waals surface area contributed by atoms with Crippen LogP contribution in [0.15, 0.2) is 35.7 Å². The number of nitrogens with zero attached hydrogens (tertiary/aromatic N) is 1. The molecular weight excluding hydrogens is 264 g/mol. The van der Waals surface area contributed by atoms with E-state index in [0.29, 0.717) is 0 Å². The van der Waals surface area contributed by atoms with Gasteiger partial charge in [-0.15, -0.1) is 11.3 Å². The highest BCUT2D eigenvalue weighted by molar-refractivity contribution is 7.10. The van der Waals surface area contributed by atoms with Gasteiger partial charge in [-0.2, -0.15) is 5.26 Å². The molecule has 0 aliphatic heterocycles. The van der Waals surface area contributed by atoms with E-state index in [4.69, 9.17) is 16.9 Å². The van der Waals surface area contributed by atoms with Gasteiger partial charge < -0.3 is 5.32 Å². The molecule has 2 nitrogen and oxygen atoms in total. The molecule has 0 fully saturated rings. The molecule has 1 N–H and O–H groups in total. The van der Waals surface area contributed by atoms with E-state index < -0.39 is 0 Å². The van der Waals surface area contributed by atoms with Crippen molar-refractivity contribution in [2.24, 2.45) is 0 Å². The molecular formula is C14H13ClN2S. The van der Waals surface area contributed by atoms with Crippen LogP contribution >= 0.6 is 22.9 Å². The Bertz CT molecular complexity index is 571. The number of thiophene rings is 1. The predicted molar refractivity (Wildman–Crippen MR) is 75.7 cm³/mol. The van der Waals surface area contributed by atoms with E-state index in [0.717, 1.165) is 27.6 Å². The van der Waals surface area contributed by atoms with Gasteiger partial charge in [-0.05, 0) is 24.6 Å². The summed E-state index contributed by atoms with van der Waals surface area (Å²) < 4.78 is 0. The maximum atomic E-state index is 8.76. The Balaban J connectivity index is 1.98. The highest BCUT2D eigenvalue weighted by atomic mass is 35.5. The fraction of sp³-hybridized carbons (Fsp3) is 0.214. The summed E-state index contributed by atoms with van der Waals surface area (Å²) >= 11 is 7.74. The lowest BCUT2D eigenvalue weighted by Crippen LogP contribution is -2.17.